The highest BCUT2D eigenvalue weighted by Gasteiger charge is 2.26. The molecule has 5 nitrogen and oxygen atoms in total. The summed E-state index contributed by atoms with van der Waals surface area (Å²) in [4.78, 5) is 13.2. The Morgan fingerprint density at radius 1 is 1.67 bits per heavy atom. The quantitative estimate of drug-likeness (QED) is 0.628. The van der Waals surface area contributed by atoms with E-state index in [0.717, 1.165) is 19.6 Å². The molecule has 1 aliphatic heterocycles. The van der Waals surface area contributed by atoms with Gasteiger partial charge in [-0.05, 0) is 13.8 Å². The largest absolute Gasteiger partial charge is 0.377 e. The van der Waals surface area contributed by atoms with E-state index in [1.165, 1.54) is 0 Å². The van der Waals surface area contributed by atoms with E-state index in [-0.39, 0.29) is 18.1 Å². The summed E-state index contributed by atoms with van der Waals surface area (Å²) >= 11 is 0. The fraction of sp³-hybridized carbons (Fsp3) is 0.900. The number of ether oxygens (including phenoxy) is 1. The van der Waals surface area contributed by atoms with Crippen molar-refractivity contribution in [2.45, 2.75) is 26.0 Å². The van der Waals surface area contributed by atoms with Crippen LogP contribution in [0.2, 0.25) is 0 Å². The summed E-state index contributed by atoms with van der Waals surface area (Å²) in [5.41, 5.74) is 5.33. The number of carbonyl (C=O) groups is 1. The minimum atomic E-state index is -0.258. The number of nitrogens with zero attached hydrogens (tertiary/aromatic N) is 1. The number of nitrogens with one attached hydrogen (secondary N) is 1. The van der Waals surface area contributed by atoms with Gasteiger partial charge in [0.2, 0.25) is 5.91 Å². The average Bonchev–Trinajstić information content (AvgIpc) is 2.17. The van der Waals surface area contributed by atoms with E-state index in [4.69, 9.17) is 10.5 Å². The number of amides is 1. The van der Waals surface area contributed by atoms with Crippen LogP contribution >= 0.6 is 0 Å². The van der Waals surface area contributed by atoms with E-state index in [1.54, 1.807) is 0 Å². The highest BCUT2D eigenvalue weighted by atomic mass is 16.5. The molecule has 0 spiro atoms. The van der Waals surface area contributed by atoms with E-state index in [9.17, 15) is 4.79 Å². The molecule has 0 aromatic heterocycles. The first-order chi connectivity index (χ1) is 7.11. The Bertz CT molecular complexity index is 209. The van der Waals surface area contributed by atoms with Crippen molar-refractivity contribution < 1.29 is 9.53 Å². The fourth-order valence-electron chi connectivity index (χ4n) is 1.70. The number of carbonyl (C=O) groups excluding carboxylic acids is 1. The van der Waals surface area contributed by atoms with Crippen LogP contribution in [0.1, 0.15) is 13.8 Å². The maximum absolute atomic E-state index is 11.2. The van der Waals surface area contributed by atoms with Crippen LogP contribution in [0.4, 0.5) is 0 Å². The van der Waals surface area contributed by atoms with Crippen LogP contribution in [0.3, 0.4) is 0 Å². The van der Waals surface area contributed by atoms with Crippen LogP contribution in [-0.2, 0) is 9.53 Å². The van der Waals surface area contributed by atoms with Crippen molar-refractivity contribution in [1.29, 1.82) is 0 Å². The predicted octanol–water partition coefficient (Wildman–Crippen LogP) is -0.829. The molecule has 1 aliphatic rings. The van der Waals surface area contributed by atoms with Crippen molar-refractivity contribution >= 4 is 5.91 Å². The van der Waals surface area contributed by atoms with Gasteiger partial charge in [0.25, 0.3) is 0 Å². The minimum absolute atomic E-state index is 0.186. The van der Waals surface area contributed by atoms with Gasteiger partial charge >= 0.3 is 0 Å². The lowest BCUT2D eigenvalue weighted by Crippen LogP contribution is -2.57. The molecule has 1 heterocycles. The molecule has 0 aromatic rings. The molecule has 0 aliphatic carbocycles. The van der Waals surface area contributed by atoms with Gasteiger partial charge in [-0.15, -0.1) is 0 Å². The molecule has 1 rings (SSSR count). The third kappa shape index (κ3) is 4.15. The predicted molar refractivity (Wildman–Crippen MR) is 58.5 cm³/mol. The number of rotatable bonds is 5. The van der Waals surface area contributed by atoms with Crippen molar-refractivity contribution in [3.63, 3.8) is 0 Å². The molecule has 15 heavy (non-hydrogen) atoms. The highest BCUT2D eigenvalue weighted by Crippen LogP contribution is 2.02. The maximum Gasteiger partial charge on any atom is 0.236 e. The van der Waals surface area contributed by atoms with Crippen molar-refractivity contribution in [1.82, 2.24) is 10.2 Å². The van der Waals surface area contributed by atoms with Crippen molar-refractivity contribution in [2.24, 2.45) is 5.73 Å². The Morgan fingerprint density at radius 2 is 2.40 bits per heavy atom. The number of hydrogen-bond acceptors (Lipinski definition) is 4. The summed E-state index contributed by atoms with van der Waals surface area (Å²) in [5, 5.41) is 3.16. The molecule has 0 radical (unpaired) electrons. The molecule has 0 aromatic carbocycles. The Kier molecular flexibility index (Phi) is 5.01. The van der Waals surface area contributed by atoms with Crippen molar-refractivity contribution in [2.75, 3.05) is 32.8 Å². The van der Waals surface area contributed by atoms with Crippen LogP contribution in [0, 0.1) is 0 Å². The van der Waals surface area contributed by atoms with Crippen molar-refractivity contribution in [3.8, 4) is 0 Å². The zero-order valence-corrected chi connectivity index (χ0v) is 9.53. The molecule has 1 unspecified atom stereocenters. The molecule has 1 atom stereocenters. The lowest BCUT2D eigenvalue weighted by molar-refractivity contribution is -0.124. The molecule has 3 N–H and O–H groups in total. The summed E-state index contributed by atoms with van der Waals surface area (Å²) in [6, 6.07) is -0.186. The molecule has 1 saturated heterocycles. The third-order valence-electron chi connectivity index (χ3n) is 2.51. The van der Waals surface area contributed by atoms with Gasteiger partial charge in [0.15, 0.2) is 0 Å². The van der Waals surface area contributed by atoms with Crippen LogP contribution in [0.5, 0.6) is 0 Å². The van der Waals surface area contributed by atoms with Crippen molar-refractivity contribution in [3.05, 3.63) is 0 Å². The summed E-state index contributed by atoms with van der Waals surface area (Å²) in [7, 11) is 0. The summed E-state index contributed by atoms with van der Waals surface area (Å²) < 4.78 is 5.46. The van der Waals surface area contributed by atoms with E-state index >= 15 is 0 Å². The Balaban J connectivity index is 2.33. The number of piperazine rings is 1. The van der Waals surface area contributed by atoms with Crippen LogP contribution in [-0.4, -0.2) is 55.7 Å². The van der Waals surface area contributed by atoms with E-state index < -0.39 is 0 Å². The van der Waals surface area contributed by atoms with E-state index in [0.29, 0.717) is 13.2 Å². The van der Waals surface area contributed by atoms with E-state index in [1.807, 2.05) is 13.8 Å². The smallest absolute Gasteiger partial charge is 0.236 e. The first-order valence-corrected chi connectivity index (χ1v) is 5.47. The lowest BCUT2D eigenvalue weighted by Gasteiger charge is -2.34. The molecule has 1 fully saturated rings. The second-order valence-electron chi connectivity index (χ2n) is 4.08. The monoisotopic (exact) mass is 215 g/mol. The molecule has 5 heteroatoms. The highest BCUT2D eigenvalue weighted by molar-refractivity contribution is 5.80. The van der Waals surface area contributed by atoms with E-state index in [2.05, 4.69) is 10.2 Å². The van der Waals surface area contributed by atoms with Gasteiger partial charge in [0, 0.05) is 26.2 Å². The molecule has 1 amide bonds. The molecular weight excluding hydrogens is 194 g/mol. The SMILES string of the molecule is CC(C)OCCN1CCNCC1C(N)=O. The maximum atomic E-state index is 11.2. The zero-order chi connectivity index (χ0) is 11.3. The Morgan fingerprint density at radius 3 is 3.00 bits per heavy atom. The van der Waals surface area contributed by atoms with Gasteiger partial charge in [0.05, 0.1) is 12.7 Å². The van der Waals surface area contributed by atoms with Crippen LogP contribution < -0.4 is 11.1 Å². The number of primary amides is 1. The minimum Gasteiger partial charge on any atom is -0.377 e. The zero-order valence-electron chi connectivity index (χ0n) is 9.53. The second kappa shape index (κ2) is 6.05. The van der Waals surface area contributed by atoms with Gasteiger partial charge in [-0.3, -0.25) is 9.69 Å². The van der Waals surface area contributed by atoms with Gasteiger partial charge < -0.3 is 15.8 Å². The molecule has 0 saturated carbocycles. The molecular formula is C10H21N3O2. The standard InChI is InChI=1S/C10H21N3O2/c1-8(2)15-6-5-13-4-3-12-7-9(13)10(11)14/h8-9,12H,3-7H2,1-2H3,(H2,11,14). The number of hydrogen-bond donors (Lipinski definition) is 2. The topological polar surface area (TPSA) is 67.6 Å². The summed E-state index contributed by atoms with van der Waals surface area (Å²) in [5.74, 6) is -0.258. The summed E-state index contributed by atoms with van der Waals surface area (Å²) in [6.45, 7) is 7.85. The van der Waals surface area contributed by atoms with Crippen LogP contribution in [0.25, 0.3) is 0 Å². The Hall–Kier alpha value is -0.650. The third-order valence-corrected chi connectivity index (χ3v) is 2.51. The van der Waals surface area contributed by atoms with Crippen LogP contribution in [0.15, 0.2) is 0 Å². The fourth-order valence-corrected chi connectivity index (χ4v) is 1.70. The molecule has 0 bridgehead atoms. The summed E-state index contributed by atoms with van der Waals surface area (Å²) in [6.07, 6.45) is 0.236. The second-order valence-corrected chi connectivity index (χ2v) is 4.08. The lowest BCUT2D eigenvalue weighted by atomic mass is 10.2. The van der Waals surface area contributed by atoms with Gasteiger partial charge in [-0.2, -0.15) is 0 Å². The first kappa shape index (κ1) is 12.4. The normalized spacial score (nSPS) is 23.3. The molecule has 88 valence electrons. The van der Waals surface area contributed by atoms with Gasteiger partial charge in [-0.1, -0.05) is 0 Å². The number of nitrogens with two attached hydrogens (primary N) is 1. The average molecular weight is 215 g/mol. The Labute approximate surface area is 90.9 Å². The first-order valence-electron chi connectivity index (χ1n) is 5.47. The van der Waals surface area contributed by atoms with Gasteiger partial charge in [-0.25, -0.2) is 0 Å². The van der Waals surface area contributed by atoms with Gasteiger partial charge in [0.1, 0.15) is 6.04 Å².